The van der Waals surface area contributed by atoms with Crippen LogP contribution in [0.15, 0.2) is 65.3 Å². The van der Waals surface area contributed by atoms with E-state index in [1.807, 2.05) is 36.4 Å². The van der Waals surface area contributed by atoms with Crippen LogP contribution in [0.5, 0.6) is 0 Å². The first-order valence-electron chi connectivity index (χ1n) is 7.41. The highest BCUT2D eigenvalue weighted by molar-refractivity contribution is 9.10. The van der Waals surface area contributed by atoms with Crippen molar-refractivity contribution in [3.05, 3.63) is 81.4 Å². The Bertz CT molecular complexity index is 828. The molecule has 0 aliphatic heterocycles. The van der Waals surface area contributed by atoms with Gasteiger partial charge in [0.1, 0.15) is 5.82 Å². The second-order valence-corrected chi connectivity index (χ2v) is 6.70. The summed E-state index contributed by atoms with van der Waals surface area (Å²) in [5.74, 6) is 0.590. The molecule has 0 aliphatic carbocycles. The lowest BCUT2D eigenvalue weighted by Gasteiger charge is -2.09. The SMILES string of the molecule is O=C(Cc1ccc(Cl)cc1)Nc1ccnn1Cc1ccc(Br)cc1. The first-order valence-corrected chi connectivity index (χ1v) is 8.58. The Morgan fingerprint density at radius 1 is 1.04 bits per heavy atom. The van der Waals surface area contributed by atoms with Crippen LogP contribution < -0.4 is 5.32 Å². The van der Waals surface area contributed by atoms with Crippen molar-refractivity contribution < 1.29 is 4.79 Å². The van der Waals surface area contributed by atoms with E-state index in [0.717, 1.165) is 15.6 Å². The lowest BCUT2D eigenvalue weighted by atomic mass is 10.1. The van der Waals surface area contributed by atoms with Gasteiger partial charge in [0.15, 0.2) is 0 Å². The molecule has 3 rings (SSSR count). The number of aromatic nitrogens is 2. The van der Waals surface area contributed by atoms with Gasteiger partial charge in [-0.3, -0.25) is 4.79 Å². The van der Waals surface area contributed by atoms with E-state index in [2.05, 4.69) is 26.3 Å². The van der Waals surface area contributed by atoms with Crippen molar-refractivity contribution in [3.63, 3.8) is 0 Å². The zero-order valence-corrected chi connectivity index (χ0v) is 15.1. The number of benzene rings is 2. The predicted molar refractivity (Wildman–Crippen MR) is 99.3 cm³/mol. The summed E-state index contributed by atoms with van der Waals surface area (Å²) in [7, 11) is 0. The second-order valence-electron chi connectivity index (χ2n) is 5.35. The fraction of sp³-hybridized carbons (Fsp3) is 0.111. The summed E-state index contributed by atoms with van der Waals surface area (Å²) in [6, 6.07) is 17.1. The second kappa shape index (κ2) is 7.64. The van der Waals surface area contributed by atoms with E-state index in [1.54, 1.807) is 29.1 Å². The molecule has 4 nitrogen and oxygen atoms in total. The quantitative estimate of drug-likeness (QED) is 0.679. The molecule has 6 heteroatoms. The molecule has 2 aromatic carbocycles. The maximum Gasteiger partial charge on any atom is 0.229 e. The van der Waals surface area contributed by atoms with Crippen LogP contribution in [-0.2, 0) is 17.8 Å². The highest BCUT2D eigenvalue weighted by Gasteiger charge is 2.09. The van der Waals surface area contributed by atoms with Crippen molar-refractivity contribution >= 4 is 39.3 Å². The molecule has 1 aromatic heterocycles. The van der Waals surface area contributed by atoms with Gasteiger partial charge in [0.05, 0.1) is 19.2 Å². The molecular weight excluding hydrogens is 390 g/mol. The van der Waals surface area contributed by atoms with E-state index in [1.165, 1.54) is 0 Å². The number of rotatable bonds is 5. The zero-order valence-electron chi connectivity index (χ0n) is 12.7. The number of nitrogens with one attached hydrogen (secondary N) is 1. The van der Waals surface area contributed by atoms with Gasteiger partial charge >= 0.3 is 0 Å². The number of hydrogen-bond donors (Lipinski definition) is 1. The molecule has 0 unspecified atom stereocenters. The Labute approximate surface area is 153 Å². The third-order valence-electron chi connectivity index (χ3n) is 3.51. The molecule has 1 N–H and O–H groups in total. The maximum atomic E-state index is 12.2. The van der Waals surface area contributed by atoms with Gasteiger partial charge in [-0.05, 0) is 35.4 Å². The van der Waals surface area contributed by atoms with E-state index in [9.17, 15) is 4.79 Å². The lowest BCUT2D eigenvalue weighted by Crippen LogP contribution is -2.18. The van der Waals surface area contributed by atoms with E-state index < -0.39 is 0 Å². The molecule has 1 amide bonds. The zero-order chi connectivity index (χ0) is 16.9. The van der Waals surface area contributed by atoms with Crippen molar-refractivity contribution in [2.24, 2.45) is 0 Å². The Kier molecular flexibility index (Phi) is 5.33. The maximum absolute atomic E-state index is 12.2. The van der Waals surface area contributed by atoms with E-state index >= 15 is 0 Å². The molecule has 24 heavy (non-hydrogen) atoms. The topological polar surface area (TPSA) is 46.9 Å². The summed E-state index contributed by atoms with van der Waals surface area (Å²) in [5, 5.41) is 7.84. The molecule has 0 spiro atoms. The minimum atomic E-state index is -0.0881. The fourth-order valence-electron chi connectivity index (χ4n) is 2.30. The van der Waals surface area contributed by atoms with Gasteiger partial charge in [0.25, 0.3) is 0 Å². The first-order chi connectivity index (χ1) is 11.6. The number of nitrogens with zero attached hydrogens (tertiary/aromatic N) is 2. The third kappa shape index (κ3) is 4.46. The lowest BCUT2D eigenvalue weighted by molar-refractivity contribution is -0.115. The summed E-state index contributed by atoms with van der Waals surface area (Å²) in [6.07, 6.45) is 1.97. The van der Waals surface area contributed by atoms with E-state index in [4.69, 9.17) is 11.6 Å². The van der Waals surface area contributed by atoms with Crippen molar-refractivity contribution in [2.75, 3.05) is 5.32 Å². The van der Waals surface area contributed by atoms with Gasteiger partial charge < -0.3 is 5.32 Å². The highest BCUT2D eigenvalue weighted by atomic mass is 79.9. The molecule has 3 aromatic rings. The minimum Gasteiger partial charge on any atom is -0.311 e. The number of carbonyl (C=O) groups is 1. The van der Waals surface area contributed by atoms with E-state index in [-0.39, 0.29) is 5.91 Å². The molecule has 1 heterocycles. The van der Waals surface area contributed by atoms with Crippen LogP contribution >= 0.6 is 27.5 Å². The highest BCUT2D eigenvalue weighted by Crippen LogP contribution is 2.15. The number of anilines is 1. The van der Waals surface area contributed by atoms with Gasteiger partial charge in [-0.25, -0.2) is 4.68 Å². The molecule has 0 aliphatic rings. The molecule has 0 bridgehead atoms. The minimum absolute atomic E-state index is 0.0881. The van der Waals surface area contributed by atoms with E-state index in [0.29, 0.717) is 23.8 Å². The monoisotopic (exact) mass is 403 g/mol. The predicted octanol–water partition coefficient (Wildman–Crippen LogP) is 4.53. The number of carbonyl (C=O) groups excluding carboxylic acids is 1. The van der Waals surface area contributed by atoms with Crippen LogP contribution in [0.2, 0.25) is 5.02 Å². The number of hydrogen-bond acceptors (Lipinski definition) is 2. The molecule has 122 valence electrons. The van der Waals surface area contributed by atoms with Crippen LogP contribution in [0.25, 0.3) is 0 Å². The Hall–Kier alpha value is -2.11. The van der Waals surface area contributed by atoms with Crippen LogP contribution in [0.3, 0.4) is 0 Å². The fourth-order valence-corrected chi connectivity index (χ4v) is 2.69. The standard InChI is InChI=1S/C18H15BrClN3O/c19-15-5-1-14(2-6-15)12-23-17(9-10-21-23)22-18(24)11-13-3-7-16(20)8-4-13/h1-10H,11-12H2,(H,22,24). The van der Waals surface area contributed by atoms with Crippen molar-refractivity contribution in [1.82, 2.24) is 9.78 Å². The largest absolute Gasteiger partial charge is 0.311 e. The Morgan fingerprint density at radius 3 is 2.42 bits per heavy atom. The molecule has 0 atom stereocenters. The molecule has 0 saturated carbocycles. The molecule has 0 saturated heterocycles. The first kappa shape index (κ1) is 16.7. The van der Waals surface area contributed by atoms with Crippen molar-refractivity contribution in [2.45, 2.75) is 13.0 Å². The van der Waals surface area contributed by atoms with Crippen molar-refractivity contribution in [1.29, 1.82) is 0 Å². The Balaban J connectivity index is 1.65. The van der Waals surface area contributed by atoms with Gasteiger partial charge in [-0.15, -0.1) is 0 Å². The smallest absolute Gasteiger partial charge is 0.229 e. The summed E-state index contributed by atoms with van der Waals surface area (Å²) in [4.78, 5) is 12.2. The molecule has 0 radical (unpaired) electrons. The normalized spacial score (nSPS) is 10.6. The van der Waals surface area contributed by atoms with Gasteiger partial charge in [0, 0.05) is 15.6 Å². The van der Waals surface area contributed by atoms with Crippen LogP contribution in [0.4, 0.5) is 5.82 Å². The third-order valence-corrected chi connectivity index (χ3v) is 4.29. The van der Waals surface area contributed by atoms with Crippen LogP contribution in [0, 0.1) is 0 Å². The Morgan fingerprint density at radius 2 is 1.71 bits per heavy atom. The average Bonchev–Trinajstić information content (AvgIpc) is 2.98. The summed E-state index contributed by atoms with van der Waals surface area (Å²) >= 11 is 9.27. The van der Waals surface area contributed by atoms with Gasteiger partial charge in [-0.2, -0.15) is 5.10 Å². The average molecular weight is 405 g/mol. The molecular formula is C18H15BrClN3O. The summed E-state index contributed by atoms with van der Waals surface area (Å²) in [5.41, 5.74) is 2.02. The van der Waals surface area contributed by atoms with Gasteiger partial charge in [0.2, 0.25) is 5.91 Å². The molecule has 0 fully saturated rings. The summed E-state index contributed by atoms with van der Waals surface area (Å²) < 4.78 is 2.80. The van der Waals surface area contributed by atoms with Crippen LogP contribution in [0.1, 0.15) is 11.1 Å². The number of amides is 1. The van der Waals surface area contributed by atoms with Crippen molar-refractivity contribution in [3.8, 4) is 0 Å². The summed E-state index contributed by atoms with van der Waals surface area (Å²) in [6.45, 7) is 0.594. The number of halogens is 2. The van der Waals surface area contributed by atoms with Crippen LogP contribution in [-0.4, -0.2) is 15.7 Å². The van der Waals surface area contributed by atoms with Gasteiger partial charge in [-0.1, -0.05) is 51.8 Å².